The van der Waals surface area contributed by atoms with Gasteiger partial charge in [-0.05, 0) is 18.6 Å². The minimum Gasteiger partial charge on any atom is -0.484 e. The van der Waals surface area contributed by atoms with Crippen LogP contribution in [0.3, 0.4) is 0 Å². The molecule has 3 rings (SSSR count). The predicted molar refractivity (Wildman–Crippen MR) is 92.2 cm³/mol. The van der Waals surface area contributed by atoms with E-state index in [1.807, 2.05) is 0 Å². The SMILES string of the molecule is CC[C@@H](C)Sc1nnc(NC(=O)COc2ccc3c(c2)OCO3)s1. The van der Waals surface area contributed by atoms with Gasteiger partial charge in [0.1, 0.15) is 5.75 Å². The lowest BCUT2D eigenvalue weighted by Gasteiger charge is -2.06. The number of hydrogen-bond acceptors (Lipinski definition) is 8. The van der Waals surface area contributed by atoms with Crippen molar-refractivity contribution in [3.63, 3.8) is 0 Å². The molecule has 2 heterocycles. The van der Waals surface area contributed by atoms with Crippen molar-refractivity contribution in [2.75, 3.05) is 18.7 Å². The highest BCUT2D eigenvalue weighted by atomic mass is 32.2. The summed E-state index contributed by atoms with van der Waals surface area (Å²) in [6, 6.07) is 5.17. The van der Waals surface area contributed by atoms with Crippen molar-refractivity contribution in [3.8, 4) is 17.2 Å². The summed E-state index contributed by atoms with van der Waals surface area (Å²) in [6.45, 7) is 4.33. The molecule has 1 N–H and O–H groups in total. The number of carbonyl (C=O) groups is 1. The van der Waals surface area contributed by atoms with E-state index in [-0.39, 0.29) is 19.3 Å². The fourth-order valence-corrected chi connectivity index (χ4v) is 3.85. The van der Waals surface area contributed by atoms with E-state index in [1.165, 1.54) is 11.3 Å². The smallest absolute Gasteiger partial charge is 0.264 e. The van der Waals surface area contributed by atoms with E-state index in [2.05, 4.69) is 29.4 Å². The van der Waals surface area contributed by atoms with Crippen LogP contribution in [0.15, 0.2) is 22.5 Å². The maximum absolute atomic E-state index is 11.9. The summed E-state index contributed by atoms with van der Waals surface area (Å²) >= 11 is 3.01. The molecule has 0 spiro atoms. The molecular formula is C15H17N3O4S2. The number of benzene rings is 1. The maximum atomic E-state index is 11.9. The number of carbonyl (C=O) groups excluding carboxylic acids is 1. The molecule has 1 aromatic heterocycles. The van der Waals surface area contributed by atoms with Crippen LogP contribution >= 0.6 is 23.1 Å². The third kappa shape index (κ3) is 4.30. The molecular weight excluding hydrogens is 350 g/mol. The minimum atomic E-state index is -0.288. The first-order valence-electron chi connectivity index (χ1n) is 7.46. The fourth-order valence-electron chi connectivity index (χ4n) is 1.83. The number of thioether (sulfide) groups is 1. The molecule has 1 aromatic carbocycles. The summed E-state index contributed by atoms with van der Waals surface area (Å²) in [7, 11) is 0. The first-order chi connectivity index (χ1) is 11.6. The van der Waals surface area contributed by atoms with Crippen molar-refractivity contribution in [1.82, 2.24) is 10.2 Å². The van der Waals surface area contributed by atoms with Gasteiger partial charge in [-0.2, -0.15) is 0 Å². The highest BCUT2D eigenvalue weighted by Gasteiger charge is 2.15. The minimum absolute atomic E-state index is 0.118. The lowest BCUT2D eigenvalue weighted by Crippen LogP contribution is -2.20. The quantitative estimate of drug-likeness (QED) is 0.594. The maximum Gasteiger partial charge on any atom is 0.264 e. The molecule has 128 valence electrons. The zero-order valence-corrected chi connectivity index (χ0v) is 14.9. The van der Waals surface area contributed by atoms with Gasteiger partial charge in [0.15, 0.2) is 22.4 Å². The Bertz CT molecular complexity index is 722. The normalized spacial score (nSPS) is 13.6. The number of amides is 1. The Hall–Kier alpha value is -2.00. The molecule has 9 heteroatoms. The van der Waals surface area contributed by atoms with Crippen LogP contribution in [0.1, 0.15) is 20.3 Å². The number of hydrogen-bond donors (Lipinski definition) is 1. The Morgan fingerprint density at radius 2 is 2.25 bits per heavy atom. The van der Waals surface area contributed by atoms with Crippen LogP contribution < -0.4 is 19.5 Å². The Balaban J connectivity index is 1.49. The zero-order valence-electron chi connectivity index (χ0n) is 13.3. The van der Waals surface area contributed by atoms with E-state index < -0.39 is 0 Å². The topological polar surface area (TPSA) is 82.6 Å². The summed E-state index contributed by atoms with van der Waals surface area (Å²) < 4.78 is 16.8. The predicted octanol–water partition coefficient (Wildman–Crippen LogP) is 3.17. The summed E-state index contributed by atoms with van der Waals surface area (Å²) in [5.41, 5.74) is 0. The van der Waals surface area contributed by atoms with E-state index >= 15 is 0 Å². The highest BCUT2D eigenvalue weighted by molar-refractivity contribution is 8.01. The lowest BCUT2D eigenvalue weighted by atomic mass is 10.3. The molecule has 1 aliphatic rings. The summed E-state index contributed by atoms with van der Waals surface area (Å²) in [6.07, 6.45) is 1.05. The van der Waals surface area contributed by atoms with Crippen LogP contribution in [0.4, 0.5) is 5.13 Å². The average molecular weight is 367 g/mol. The molecule has 0 unspecified atom stereocenters. The molecule has 0 saturated heterocycles. The van der Waals surface area contributed by atoms with Crippen LogP contribution in [0, 0.1) is 0 Å². The Labute approximate surface area is 147 Å². The van der Waals surface area contributed by atoms with Gasteiger partial charge in [-0.15, -0.1) is 10.2 Å². The van der Waals surface area contributed by atoms with Crippen LogP contribution in [0.2, 0.25) is 0 Å². The third-order valence-corrected chi connectivity index (χ3v) is 5.43. The average Bonchev–Trinajstić information content (AvgIpc) is 3.21. The molecule has 0 fully saturated rings. The Morgan fingerprint density at radius 3 is 3.08 bits per heavy atom. The second-order valence-electron chi connectivity index (χ2n) is 5.06. The summed E-state index contributed by atoms with van der Waals surface area (Å²) in [5.74, 6) is 1.54. The second kappa shape index (κ2) is 7.71. The van der Waals surface area contributed by atoms with E-state index in [1.54, 1.807) is 30.0 Å². The van der Waals surface area contributed by atoms with Crippen LogP contribution in [0.25, 0.3) is 0 Å². The standard InChI is InChI=1S/C15H17N3O4S2/c1-3-9(2)23-15-18-17-14(24-15)16-13(19)7-20-10-4-5-11-12(6-10)22-8-21-11/h4-6,9H,3,7-8H2,1-2H3,(H,16,17,19)/t9-/m1/s1. The monoisotopic (exact) mass is 367 g/mol. The molecule has 24 heavy (non-hydrogen) atoms. The van der Waals surface area contributed by atoms with Gasteiger partial charge in [0, 0.05) is 11.3 Å². The van der Waals surface area contributed by atoms with Gasteiger partial charge in [-0.25, -0.2) is 0 Å². The molecule has 7 nitrogen and oxygen atoms in total. The molecule has 1 amide bonds. The van der Waals surface area contributed by atoms with Crippen LogP contribution in [-0.2, 0) is 4.79 Å². The molecule has 0 bridgehead atoms. The van der Waals surface area contributed by atoms with Crippen LogP contribution in [-0.4, -0.2) is 34.8 Å². The molecule has 1 aliphatic heterocycles. The van der Waals surface area contributed by atoms with Gasteiger partial charge in [-0.1, -0.05) is 36.9 Å². The number of fused-ring (bicyclic) bond motifs is 1. The fraction of sp³-hybridized carbons (Fsp3) is 0.400. The van der Waals surface area contributed by atoms with E-state index in [9.17, 15) is 4.79 Å². The van der Waals surface area contributed by atoms with Crippen LogP contribution in [0.5, 0.6) is 17.2 Å². The van der Waals surface area contributed by atoms with Crippen molar-refractivity contribution in [1.29, 1.82) is 0 Å². The highest BCUT2D eigenvalue weighted by Crippen LogP contribution is 2.35. The lowest BCUT2D eigenvalue weighted by molar-refractivity contribution is -0.118. The first-order valence-corrected chi connectivity index (χ1v) is 9.16. The van der Waals surface area contributed by atoms with Gasteiger partial charge >= 0.3 is 0 Å². The molecule has 2 aromatic rings. The van der Waals surface area contributed by atoms with Gasteiger partial charge in [0.2, 0.25) is 11.9 Å². The van der Waals surface area contributed by atoms with E-state index in [0.717, 1.165) is 10.8 Å². The van der Waals surface area contributed by atoms with Gasteiger partial charge in [0.25, 0.3) is 5.91 Å². The van der Waals surface area contributed by atoms with Gasteiger partial charge in [0.05, 0.1) is 0 Å². The number of ether oxygens (including phenoxy) is 3. The Morgan fingerprint density at radius 1 is 1.42 bits per heavy atom. The van der Waals surface area contributed by atoms with Crippen molar-refractivity contribution >= 4 is 34.1 Å². The number of nitrogens with zero attached hydrogens (tertiary/aromatic N) is 2. The third-order valence-electron chi connectivity index (χ3n) is 3.24. The second-order valence-corrected chi connectivity index (χ2v) is 7.72. The number of rotatable bonds is 7. The number of anilines is 1. The zero-order chi connectivity index (χ0) is 16.9. The molecule has 1 atom stereocenters. The molecule has 0 aliphatic carbocycles. The molecule has 0 radical (unpaired) electrons. The number of nitrogens with one attached hydrogen (secondary N) is 1. The van der Waals surface area contributed by atoms with Crippen molar-refractivity contribution in [2.45, 2.75) is 29.9 Å². The Kier molecular flexibility index (Phi) is 5.41. The van der Waals surface area contributed by atoms with E-state index in [0.29, 0.717) is 27.6 Å². The van der Waals surface area contributed by atoms with E-state index in [4.69, 9.17) is 14.2 Å². The van der Waals surface area contributed by atoms with Crippen molar-refractivity contribution in [3.05, 3.63) is 18.2 Å². The summed E-state index contributed by atoms with van der Waals surface area (Å²) in [5, 5.41) is 11.7. The van der Waals surface area contributed by atoms with Gasteiger partial charge in [-0.3, -0.25) is 10.1 Å². The largest absolute Gasteiger partial charge is 0.484 e. The summed E-state index contributed by atoms with van der Waals surface area (Å²) in [4.78, 5) is 11.9. The number of aromatic nitrogens is 2. The van der Waals surface area contributed by atoms with Crippen molar-refractivity contribution in [2.24, 2.45) is 0 Å². The van der Waals surface area contributed by atoms with Gasteiger partial charge < -0.3 is 14.2 Å². The van der Waals surface area contributed by atoms with Crippen molar-refractivity contribution < 1.29 is 19.0 Å². The molecule has 0 saturated carbocycles. The first kappa shape index (κ1) is 16.8.